The van der Waals surface area contributed by atoms with Crippen molar-refractivity contribution in [2.24, 2.45) is 0 Å². The maximum atomic E-state index is 11.2. The van der Waals surface area contributed by atoms with Gasteiger partial charge in [-0.1, -0.05) is 0 Å². The van der Waals surface area contributed by atoms with Crippen molar-refractivity contribution >= 4 is 0 Å². The predicted molar refractivity (Wildman–Crippen MR) is 57.6 cm³/mol. The van der Waals surface area contributed by atoms with Gasteiger partial charge in [0.2, 0.25) is 0 Å². The molecule has 4 nitrogen and oxygen atoms in total. The zero-order valence-electron chi connectivity index (χ0n) is 8.61. The number of aromatic nitrogens is 3. The van der Waals surface area contributed by atoms with Gasteiger partial charge < -0.3 is 4.98 Å². The number of pyridine rings is 1. The molecular weight excluding hydrogens is 190 g/mol. The minimum Gasteiger partial charge on any atom is -0.311 e. The molecule has 0 aliphatic carbocycles. The van der Waals surface area contributed by atoms with Crippen molar-refractivity contribution in [2.75, 3.05) is 0 Å². The highest BCUT2D eigenvalue weighted by molar-refractivity contribution is 5.57. The first-order chi connectivity index (χ1) is 7.15. The van der Waals surface area contributed by atoms with Crippen LogP contribution in [0.5, 0.6) is 0 Å². The van der Waals surface area contributed by atoms with Gasteiger partial charge >= 0.3 is 0 Å². The highest BCUT2D eigenvalue weighted by Gasteiger charge is 2.01. The fraction of sp³-hybridized carbons (Fsp3) is 0.182. The Morgan fingerprint density at radius 2 is 2.07 bits per heavy atom. The molecule has 0 spiro atoms. The largest absolute Gasteiger partial charge is 0.311 e. The van der Waals surface area contributed by atoms with Crippen molar-refractivity contribution in [1.29, 1.82) is 0 Å². The van der Waals surface area contributed by atoms with E-state index in [1.54, 1.807) is 13.1 Å². The molecule has 76 valence electrons. The van der Waals surface area contributed by atoms with E-state index in [4.69, 9.17) is 0 Å². The Balaban J connectivity index is 2.54. The molecule has 1 N–H and O–H groups in total. The van der Waals surface area contributed by atoms with Gasteiger partial charge in [0.1, 0.15) is 5.82 Å². The lowest BCUT2D eigenvalue weighted by Gasteiger charge is -2.01. The second-order valence-electron chi connectivity index (χ2n) is 3.40. The summed E-state index contributed by atoms with van der Waals surface area (Å²) >= 11 is 0. The van der Waals surface area contributed by atoms with Crippen LogP contribution in [0.4, 0.5) is 0 Å². The molecule has 0 saturated heterocycles. The van der Waals surface area contributed by atoms with Crippen molar-refractivity contribution in [3.8, 4) is 11.3 Å². The molecule has 15 heavy (non-hydrogen) atoms. The summed E-state index contributed by atoms with van der Waals surface area (Å²) < 4.78 is 0. The van der Waals surface area contributed by atoms with Gasteiger partial charge in [0.25, 0.3) is 5.56 Å². The van der Waals surface area contributed by atoms with E-state index >= 15 is 0 Å². The van der Waals surface area contributed by atoms with Gasteiger partial charge in [0.15, 0.2) is 0 Å². The maximum absolute atomic E-state index is 11.2. The lowest BCUT2D eigenvalue weighted by molar-refractivity contribution is 1.02. The van der Waals surface area contributed by atoms with Crippen LogP contribution in [0.2, 0.25) is 0 Å². The molecule has 0 aliphatic rings. The number of aromatic amines is 1. The average molecular weight is 201 g/mol. The lowest BCUT2D eigenvalue weighted by atomic mass is 10.2. The Morgan fingerprint density at radius 1 is 1.27 bits per heavy atom. The van der Waals surface area contributed by atoms with Crippen LogP contribution in [0.25, 0.3) is 11.3 Å². The molecule has 2 heterocycles. The molecule has 4 heteroatoms. The first kappa shape index (κ1) is 9.58. The molecule has 0 aliphatic heterocycles. The Bertz CT molecular complexity index is 528. The summed E-state index contributed by atoms with van der Waals surface area (Å²) in [4.78, 5) is 22.2. The van der Waals surface area contributed by atoms with Crippen molar-refractivity contribution in [3.05, 3.63) is 46.3 Å². The molecule has 0 amide bonds. The molecule has 2 aromatic rings. The Kier molecular flexibility index (Phi) is 2.33. The summed E-state index contributed by atoms with van der Waals surface area (Å²) in [6.45, 7) is 3.67. The maximum Gasteiger partial charge on any atom is 0.251 e. The number of aryl methyl sites for hydroxylation is 2. The van der Waals surface area contributed by atoms with E-state index in [-0.39, 0.29) is 5.56 Å². The summed E-state index contributed by atoms with van der Waals surface area (Å²) in [6, 6.07) is 5.27. The van der Waals surface area contributed by atoms with Crippen molar-refractivity contribution in [2.45, 2.75) is 13.8 Å². The highest BCUT2D eigenvalue weighted by atomic mass is 16.1. The lowest BCUT2D eigenvalue weighted by Crippen LogP contribution is -2.08. The third-order valence-electron chi connectivity index (χ3n) is 2.07. The van der Waals surface area contributed by atoms with E-state index in [2.05, 4.69) is 15.0 Å². The monoisotopic (exact) mass is 201 g/mol. The Labute approximate surface area is 87.0 Å². The fourth-order valence-corrected chi connectivity index (χ4v) is 1.35. The van der Waals surface area contributed by atoms with Gasteiger partial charge in [-0.25, -0.2) is 4.98 Å². The molecule has 0 atom stereocenters. The number of nitrogens with one attached hydrogen (secondary N) is 1. The average Bonchev–Trinajstić information content (AvgIpc) is 2.17. The van der Waals surface area contributed by atoms with E-state index in [0.717, 1.165) is 11.3 Å². The molecule has 0 saturated carbocycles. The summed E-state index contributed by atoms with van der Waals surface area (Å²) in [5.74, 6) is 0.609. The zero-order chi connectivity index (χ0) is 10.8. The van der Waals surface area contributed by atoms with Gasteiger partial charge in [-0.3, -0.25) is 9.78 Å². The molecular formula is C11H11N3O. The fourth-order valence-electron chi connectivity index (χ4n) is 1.35. The van der Waals surface area contributed by atoms with E-state index in [1.807, 2.05) is 19.1 Å². The summed E-state index contributed by atoms with van der Waals surface area (Å²) in [5, 5.41) is 0. The summed E-state index contributed by atoms with van der Waals surface area (Å²) in [7, 11) is 0. The van der Waals surface area contributed by atoms with Gasteiger partial charge in [-0.2, -0.15) is 0 Å². The molecule has 2 aromatic heterocycles. The van der Waals surface area contributed by atoms with Crippen LogP contribution in [0.3, 0.4) is 0 Å². The Hall–Kier alpha value is -1.97. The standard InChI is InChI=1S/C11H11N3O/c1-7-3-4-9(6-12-7)10-5-11(15)14-8(2)13-10/h3-6H,1-2H3,(H,13,14,15). The SMILES string of the molecule is Cc1ccc(-c2cc(=O)[nH]c(C)n2)cn1. The molecule has 0 aromatic carbocycles. The van der Waals surface area contributed by atoms with E-state index in [9.17, 15) is 4.79 Å². The second-order valence-corrected chi connectivity index (χ2v) is 3.40. The smallest absolute Gasteiger partial charge is 0.251 e. The number of hydrogen-bond acceptors (Lipinski definition) is 3. The number of nitrogens with zero attached hydrogens (tertiary/aromatic N) is 2. The van der Waals surface area contributed by atoms with Crippen LogP contribution in [-0.4, -0.2) is 15.0 Å². The van der Waals surface area contributed by atoms with Crippen LogP contribution in [-0.2, 0) is 0 Å². The first-order valence-electron chi connectivity index (χ1n) is 4.66. The van der Waals surface area contributed by atoms with Crippen LogP contribution < -0.4 is 5.56 Å². The van der Waals surface area contributed by atoms with Crippen molar-refractivity contribution < 1.29 is 0 Å². The van der Waals surface area contributed by atoms with Crippen LogP contribution >= 0.6 is 0 Å². The van der Waals surface area contributed by atoms with Crippen LogP contribution in [0.1, 0.15) is 11.5 Å². The number of hydrogen-bond donors (Lipinski definition) is 1. The molecule has 2 rings (SSSR count). The molecule has 0 fully saturated rings. The van der Waals surface area contributed by atoms with E-state index < -0.39 is 0 Å². The molecule has 0 bridgehead atoms. The van der Waals surface area contributed by atoms with Crippen LogP contribution in [0.15, 0.2) is 29.2 Å². The quantitative estimate of drug-likeness (QED) is 0.759. The third kappa shape index (κ3) is 2.10. The van der Waals surface area contributed by atoms with E-state index in [0.29, 0.717) is 11.5 Å². The normalized spacial score (nSPS) is 10.3. The van der Waals surface area contributed by atoms with Gasteiger partial charge in [0.05, 0.1) is 5.69 Å². The predicted octanol–water partition coefficient (Wildman–Crippen LogP) is 1.45. The second kappa shape index (κ2) is 3.65. The van der Waals surface area contributed by atoms with Gasteiger partial charge in [0, 0.05) is 23.5 Å². The molecule has 0 radical (unpaired) electrons. The highest BCUT2D eigenvalue weighted by Crippen LogP contribution is 2.13. The third-order valence-corrected chi connectivity index (χ3v) is 2.07. The first-order valence-corrected chi connectivity index (χ1v) is 4.66. The minimum absolute atomic E-state index is 0.141. The van der Waals surface area contributed by atoms with Crippen molar-refractivity contribution in [1.82, 2.24) is 15.0 Å². The number of rotatable bonds is 1. The van der Waals surface area contributed by atoms with Gasteiger partial charge in [-0.15, -0.1) is 0 Å². The Morgan fingerprint density at radius 3 is 2.67 bits per heavy atom. The van der Waals surface area contributed by atoms with Gasteiger partial charge in [-0.05, 0) is 26.0 Å². The minimum atomic E-state index is -0.141. The zero-order valence-corrected chi connectivity index (χ0v) is 8.61. The van der Waals surface area contributed by atoms with Crippen molar-refractivity contribution in [3.63, 3.8) is 0 Å². The topological polar surface area (TPSA) is 58.6 Å². The summed E-state index contributed by atoms with van der Waals surface area (Å²) in [6.07, 6.45) is 1.72. The van der Waals surface area contributed by atoms with Crippen LogP contribution in [0, 0.1) is 13.8 Å². The summed E-state index contributed by atoms with van der Waals surface area (Å²) in [5.41, 5.74) is 2.32. The van der Waals surface area contributed by atoms with E-state index in [1.165, 1.54) is 6.07 Å². The molecule has 0 unspecified atom stereocenters. The number of H-pyrrole nitrogens is 1.